The number of hydrogen-bond acceptors (Lipinski definition) is 5. The van der Waals surface area contributed by atoms with Crippen LogP contribution < -0.4 is 9.80 Å². The third kappa shape index (κ3) is 3.58. The van der Waals surface area contributed by atoms with Gasteiger partial charge < -0.3 is 14.7 Å². The molecule has 0 bridgehead atoms. The van der Waals surface area contributed by atoms with E-state index >= 15 is 0 Å². The normalized spacial score (nSPS) is 14.7. The molecule has 0 aromatic heterocycles. The zero-order valence-electron chi connectivity index (χ0n) is 14.3. The predicted octanol–water partition coefficient (Wildman–Crippen LogP) is 2.25. The van der Waals surface area contributed by atoms with Gasteiger partial charge in [-0.2, -0.15) is 0 Å². The molecule has 1 heterocycles. The van der Waals surface area contributed by atoms with Gasteiger partial charge in [0.15, 0.2) is 5.82 Å². The molecular weight excluding hydrogens is 315 g/mol. The maximum atomic E-state index is 14.3. The molecule has 2 rings (SSSR count). The van der Waals surface area contributed by atoms with Gasteiger partial charge >= 0.3 is 0 Å². The molecule has 1 aliphatic rings. The summed E-state index contributed by atoms with van der Waals surface area (Å²) >= 11 is 0. The lowest BCUT2D eigenvalue weighted by molar-refractivity contribution is -0.384. The van der Waals surface area contributed by atoms with Gasteiger partial charge in [0, 0.05) is 46.2 Å². The molecule has 1 aromatic rings. The van der Waals surface area contributed by atoms with Crippen molar-refractivity contribution in [3.05, 3.63) is 28.1 Å². The van der Waals surface area contributed by atoms with E-state index in [1.807, 2.05) is 23.6 Å². The van der Waals surface area contributed by atoms with Gasteiger partial charge in [0.05, 0.1) is 16.7 Å². The van der Waals surface area contributed by atoms with Crippen molar-refractivity contribution in [3.8, 4) is 0 Å². The Morgan fingerprint density at radius 2 is 1.83 bits per heavy atom. The zero-order chi connectivity index (χ0) is 17.9. The van der Waals surface area contributed by atoms with Gasteiger partial charge in [-0.05, 0) is 19.9 Å². The molecule has 0 N–H and O–H groups in total. The van der Waals surface area contributed by atoms with E-state index in [0.717, 1.165) is 6.07 Å². The summed E-state index contributed by atoms with van der Waals surface area (Å²) in [5.41, 5.74) is 0.542. The lowest BCUT2D eigenvalue weighted by Crippen LogP contribution is -2.48. The molecule has 7 nitrogen and oxygen atoms in total. The average molecular weight is 338 g/mol. The Kier molecular flexibility index (Phi) is 5.58. The maximum absolute atomic E-state index is 14.3. The van der Waals surface area contributed by atoms with E-state index in [0.29, 0.717) is 50.6 Å². The van der Waals surface area contributed by atoms with Crippen molar-refractivity contribution in [1.29, 1.82) is 0 Å². The number of halogens is 1. The molecule has 1 amide bonds. The van der Waals surface area contributed by atoms with Crippen molar-refractivity contribution in [3.63, 3.8) is 0 Å². The van der Waals surface area contributed by atoms with Crippen molar-refractivity contribution in [2.24, 2.45) is 0 Å². The smallest absolute Gasteiger partial charge is 0.295 e. The Morgan fingerprint density at radius 3 is 2.29 bits per heavy atom. The monoisotopic (exact) mass is 338 g/mol. The topological polar surface area (TPSA) is 69.9 Å². The summed E-state index contributed by atoms with van der Waals surface area (Å²) in [7, 11) is 0. The first-order valence-corrected chi connectivity index (χ1v) is 8.12. The third-order valence-corrected chi connectivity index (χ3v) is 4.41. The van der Waals surface area contributed by atoms with E-state index in [2.05, 4.69) is 0 Å². The molecule has 0 atom stereocenters. The Hall–Kier alpha value is -2.38. The number of rotatable bonds is 5. The van der Waals surface area contributed by atoms with E-state index in [1.54, 1.807) is 11.0 Å². The van der Waals surface area contributed by atoms with Gasteiger partial charge in [0.1, 0.15) is 5.69 Å². The van der Waals surface area contributed by atoms with Crippen molar-refractivity contribution < 1.29 is 14.1 Å². The van der Waals surface area contributed by atoms with Gasteiger partial charge in [-0.3, -0.25) is 14.9 Å². The van der Waals surface area contributed by atoms with Crippen LogP contribution in [0.15, 0.2) is 12.1 Å². The van der Waals surface area contributed by atoms with Crippen LogP contribution in [0.5, 0.6) is 0 Å². The fourth-order valence-corrected chi connectivity index (χ4v) is 3.01. The lowest BCUT2D eigenvalue weighted by atomic mass is 10.1. The van der Waals surface area contributed by atoms with Crippen molar-refractivity contribution in [2.45, 2.75) is 20.8 Å². The highest BCUT2D eigenvalue weighted by atomic mass is 19.1. The summed E-state index contributed by atoms with van der Waals surface area (Å²) in [6, 6.07) is 2.56. The van der Waals surface area contributed by atoms with Gasteiger partial charge in [0.2, 0.25) is 5.91 Å². The minimum Gasteiger partial charge on any atom is -0.370 e. The Labute approximate surface area is 140 Å². The van der Waals surface area contributed by atoms with E-state index < -0.39 is 10.7 Å². The van der Waals surface area contributed by atoms with E-state index in [9.17, 15) is 19.3 Å². The van der Waals surface area contributed by atoms with E-state index in [1.165, 1.54) is 6.92 Å². The second-order valence-electron chi connectivity index (χ2n) is 5.71. The second kappa shape index (κ2) is 7.46. The van der Waals surface area contributed by atoms with Crippen LogP contribution in [0.2, 0.25) is 0 Å². The van der Waals surface area contributed by atoms with E-state index in [4.69, 9.17) is 0 Å². The minimum atomic E-state index is -0.587. The largest absolute Gasteiger partial charge is 0.370 e. The molecule has 132 valence electrons. The van der Waals surface area contributed by atoms with Crippen LogP contribution in [0.25, 0.3) is 0 Å². The molecule has 1 fully saturated rings. The number of amides is 1. The molecule has 1 saturated heterocycles. The average Bonchev–Trinajstić information content (AvgIpc) is 2.57. The first kappa shape index (κ1) is 18.0. The molecule has 0 aliphatic carbocycles. The number of hydrogen-bond donors (Lipinski definition) is 0. The summed E-state index contributed by atoms with van der Waals surface area (Å²) in [5, 5.41) is 11.3. The first-order valence-electron chi connectivity index (χ1n) is 8.12. The molecule has 1 aliphatic heterocycles. The van der Waals surface area contributed by atoms with E-state index in [-0.39, 0.29) is 11.6 Å². The zero-order valence-corrected chi connectivity index (χ0v) is 14.3. The second-order valence-corrected chi connectivity index (χ2v) is 5.71. The third-order valence-electron chi connectivity index (χ3n) is 4.41. The number of benzene rings is 1. The number of carbonyl (C=O) groups excluding carboxylic acids is 1. The van der Waals surface area contributed by atoms with Crippen molar-refractivity contribution >= 4 is 23.0 Å². The van der Waals surface area contributed by atoms with Gasteiger partial charge in [-0.1, -0.05) is 0 Å². The first-order chi connectivity index (χ1) is 11.4. The van der Waals surface area contributed by atoms with Crippen LogP contribution >= 0.6 is 0 Å². The number of nitro groups is 1. The fourth-order valence-electron chi connectivity index (χ4n) is 3.01. The summed E-state index contributed by atoms with van der Waals surface area (Å²) < 4.78 is 14.3. The number of piperazine rings is 1. The number of anilines is 2. The molecule has 0 spiro atoms. The van der Waals surface area contributed by atoms with Crippen molar-refractivity contribution in [2.75, 3.05) is 49.1 Å². The highest BCUT2D eigenvalue weighted by Gasteiger charge is 2.27. The molecule has 0 unspecified atom stereocenters. The highest BCUT2D eigenvalue weighted by molar-refractivity contribution is 5.74. The molecule has 0 radical (unpaired) electrons. The van der Waals surface area contributed by atoms with Crippen LogP contribution in [0.3, 0.4) is 0 Å². The lowest BCUT2D eigenvalue weighted by Gasteiger charge is -2.35. The van der Waals surface area contributed by atoms with Gasteiger partial charge in [-0.15, -0.1) is 0 Å². The van der Waals surface area contributed by atoms with Gasteiger partial charge in [0.25, 0.3) is 5.69 Å². The molecule has 8 heteroatoms. The summed E-state index contributed by atoms with van der Waals surface area (Å²) in [6.45, 7) is 8.55. The number of carbonyl (C=O) groups is 1. The van der Waals surface area contributed by atoms with Crippen LogP contribution in [-0.4, -0.2) is 55.0 Å². The Bertz CT molecular complexity index is 626. The maximum Gasteiger partial charge on any atom is 0.295 e. The Morgan fingerprint density at radius 1 is 1.25 bits per heavy atom. The number of nitro benzene ring substituents is 1. The van der Waals surface area contributed by atoms with Crippen LogP contribution in [0, 0.1) is 15.9 Å². The molecule has 0 saturated carbocycles. The van der Waals surface area contributed by atoms with Crippen LogP contribution in [0.1, 0.15) is 20.8 Å². The van der Waals surface area contributed by atoms with Gasteiger partial charge in [-0.25, -0.2) is 4.39 Å². The summed E-state index contributed by atoms with van der Waals surface area (Å²) in [4.78, 5) is 27.6. The standard InChI is InChI=1S/C16H23FN4O3/c1-4-18(5-2)14-11-15(16(21(23)24)10-13(14)17)20-8-6-19(7-9-20)12(3)22/h10-11H,4-9H2,1-3H3. The van der Waals surface area contributed by atoms with Crippen LogP contribution in [0.4, 0.5) is 21.5 Å². The molecule has 24 heavy (non-hydrogen) atoms. The minimum absolute atomic E-state index is 0.00733. The molecule has 1 aromatic carbocycles. The number of nitrogens with zero attached hydrogens (tertiary/aromatic N) is 4. The van der Waals surface area contributed by atoms with Crippen molar-refractivity contribution in [1.82, 2.24) is 4.90 Å². The molecular formula is C16H23FN4O3. The summed E-state index contributed by atoms with van der Waals surface area (Å²) in [6.07, 6.45) is 0. The Balaban J connectivity index is 2.38. The predicted molar refractivity (Wildman–Crippen MR) is 91.1 cm³/mol. The fraction of sp³-hybridized carbons (Fsp3) is 0.562. The van der Waals surface area contributed by atoms with Crippen LogP contribution in [-0.2, 0) is 4.79 Å². The SMILES string of the molecule is CCN(CC)c1cc(N2CCN(C(C)=O)CC2)c([N+](=O)[O-])cc1F. The summed E-state index contributed by atoms with van der Waals surface area (Å²) in [5.74, 6) is -0.594. The highest BCUT2D eigenvalue weighted by Crippen LogP contribution is 2.35. The quantitative estimate of drug-likeness (QED) is 0.608.